The molecule has 3 rings (SSSR count). The van der Waals surface area contributed by atoms with Crippen molar-refractivity contribution >= 4 is 40.9 Å². The molecule has 1 aliphatic rings. The van der Waals surface area contributed by atoms with Gasteiger partial charge >= 0.3 is 6.09 Å². The number of amides is 2. The molecule has 2 aromatic rings. The maximum atomic E-state index is 14.5. The first-order valence-corrected chi connectivity index (χ1v) is 9.14. The molecule has 2 heterocycles. The second kappa shape index (κ2) is 8.19. The van der Waals surface area contributed by atoms with Crippen molar-refractivity contribution in [3.05, 3.63) is 51.5 Å². The molecule has 1 aromatic heterocycles. The van der Waals surface area contributed by atoms with Crippen LogP contribution in [-0.4, -0.2) is 31.2 Å². The van der Waals surface area contributed by atoms with Crippen molar-refractivity contribution in [1.29, 1.82) is 5.26 Å². The van der Waals surface area contributed by atoms with Gasteiger partial charge in [0.15, 0.2) is 0 Å². The maximum absolute atomic E-state index is 14.5. The SMILES string of the molecule is CC(=O)NC[C@H]1CN(c2ccc(C=C(F)c3ccsc3C#N)c(F)c2)C(=O)O1. The lowest BCUT2D eigenvalue weighted by Gasteiger charge is -2.14. The lowest BCUT2D eigenvalue weighted by atomic mass is 10.1. The Morgan fingerprint density at radius 2 is 2.29 bits per heavy atom. The summed E-state index contributed by atoms with van der Waals surface area (Å²) >= 11 is 1.10. The van der Waals surface area contributed by atoms with Crippen LogP contribution in [0.3, 0.4) is 0 Å². The highest BCUT2D eigenvalue weighted by Crippen LogP contribution is 2.29. The smallest absolute Gasteiger partial charge is 0.414 e. The molecule has 0 unspecified atom stereocenters. The third kappa shape index (κ3) is 4.18. The van der Waals surface area contributed by atoms with E-state index in [9.17, 15) is 18.4 Å². The summed E-state index contributed by atoms with van der Waals surface area (Å²) in [6.45, 7) is 1.67. The first-order chi connectivity index (χ1) is 13.4. The van der Waals surface area contributed by atoms with Gasteiger partial charge in [0.25, 0.3) is 0 Å². The van der Waals surface area contributed by atoms with Crippen LogP contribution in [0, 0.1) is 17.1 Å². The van der Waals surface area contributed by atoms with Gasteiger partial charge < -0.3 is 10.1 Å². The van der Waals surface area contributed by atoms with Crippen molar-refractivity contribution in [3.8, 4) is 6.07 Å². The standard InChI is InChI=1S/C19H15F2N3O3S/c1-11(25)23-9-14-10-24(19(26)27-14)13-3-2-12(16(20)7-13)6-17(21)15-4-5-28-18(15)8-22/h2-7,14H,9-10H2,1H3,(H,23,25)/t14-/m0/s1. The number of nitrogens with zero attached hydrogens (tertiary/aromatic N) is 2. The molecule has 1 aromatic carbocycles. The van der Waals surface area contributed by atoms with Crippen molar-refractivity contribution in [3.63, 3.8) is 0 Å². The Morgan fingerprint density at radius 1 is 1.50 bits per heavy atom. The summed E-state index contributed by atoms with van der Waals surface area (Å²) in [4.78, 5) is 24.4. The van der Waals surface area contributed by atoms with Crippen LogP contribution in [0.1, 0.15) is 22.9 Å². The molecule has 1 atom stereocenters. The number of benzene rings is 1. The van der Waals surface area contributed by atoms with Crippen LogP contribution in [-0.2, 0) is 9.53 Å². The van der Waals surface area contributed by atoms with E-state index < -0.39 is 23.8 Å². The summed E-state index contributed by atoms with van der Waals surface area (Å²) in [6.07, 6.45) is -0.190. The molecule has 6 nitrogen and oxygen atoms in total. The Labute approximate surface area is 163 Å². The van der Waals surface area contributed by atoms with Crippen LogP contribution in [0.25, 0.3) is 11.9 Å². The van der Waals surface area contributed by atoms with Crippen LogP contribution < -0.4 is 10.2 Å². The first kappa shape index (κ1) is 19.5. The Bertz CT molecular complexity index is 997. The highest BCUT2D eigenvalue weighted by molar-refractivity contribution is 7.10. The molecule has 1 N–H and O–H groups in total. The molecule has 0 saturated carbocycles. The third-order valence-corrected chi connectivity index (χ3v) is 4.87. The topological polar surface area (TPSA) is 82.4 Å². The highest BCUT2D eigenvalue weighted by Gasteiger charge is 2.32. The Kier molecular flexibility index (Phi) is 5.70. The van der Waals surface area contributed by atoms with E-state index >= 15 is 0 Å². The van der Waals surface area contributed by atoms with Crippen molar-refractivity contribution in [2.75, 3.05) is 18.0 Å². The molecular formula is C19H15F2N3O3S. The first-order valence-electron chi connectivity index (χ1n) is 8.26. The zero-order valence-electron chi connectivity index (χ0n) is 14.7. The van der Waals surface area contributed by atoms with Crippen LogP contribution in [0.5, 0.6) is 0 Å². The van der Waals surface area contributed by atoms with Crippen LogP contribution in [0.2, 0.25) is 0 Å². The number of carbonyl (C=O) groups excluding carboxylic acids is 2. The predicted molar refractivity (Wildman–Crippen MR) is 101 cm³/mol. The minimum absolute atomic E-state index is 0.0151. The van der Waals surface area contributed by atoms with E-state index in [1.54, 1.807) is 5.38 Å². The molecule has 0 spiro atoms. The molecule has 2 amide bonds. The minimum atomic E-state index is -0.723. The van der Waals surface area contributed by atoms with E-state index in [0.29, 0.717) is 0 Å². The number of ether oxygens (including phenoxy) is 1. The lowest BCUT2D eigenvalue weighted by Crippen LogP contribution is -2.33. The van der Waals surface area contributed by atoms with E-state index in [1.165, 1.54) is 30.0 Å². The van der Waals surface area contributed by atoms with Crippen molar-refractivity contribution in [1.82, 2.24) is 5.32 Å². The second-order valence-electron chi connectivity index (χ2n) is 6.03. The molecule has 144 valence electrons. The molecule has 1 aliphatic heterocycles. The zero-order chi connectivity index (χ0) is 20.3. The van der Waals surface area contributed by atoms with Gasteiger partial charge in [0.1, 0.15) is 28.7 Å². The molecule has 1 saturated heterocycles. The van der Waals surface area contributed by atoms with Crippen molar-refractivity contribution in [2.45, 2.75) is 13.0 Å². The van der Waals surface area contributed by atoms with Gasteiger partial charge in [-0.3, -0.25) is 9.69 Å². The second-order valence-corrected chi connectivity index (χ2v) is 6.94. The van der Waals surface area contributed by atoms with Crippen LogP contribution >= 0.6 is 11.3 Å². The fourth-order valence-corrected chi connectivity index (χ4v) is 3.38. The summed E-state index contributed by atoms with van der Waals surface area (Å²) in [5, 5.41) is 13.1. The summed E-state index contributed by atoms with van der Waals surface area (Å²) in [6, 6.07) is 7.27. The van der Waals surface area contributed by atoms with Crippen molar-refractivity contribution in [2.24, 2.45) is 0 Å². The monoisotopic (exact) mass is 403 g/mol. The fraction of sp³-hybridized carbons (Fsp3) is 0.211. The van der Waals surface area contributed by atoms with Gasteiger partial charge in [0, 0.05) is 18.1 Å². The Balaban J connectivity index is 1.78. The number of cyclic esters (lactones) is 1. The number of thiophene rings is 1. The number of carbonyl (C=O) groups is 2. The molecule has 1 fully saturated rings. The summed E-state index contributed by atoms with van der Waals surface area (Å²) in [7, 11) is 0. The van der Waals surface area contributed by atoms with Crippen LogP contribution in [0.4, 0.5) is 19.3 Å². The number of anilines is 1. The molecule has 9 heteroatoms. The summed E-state index contributed by atoms with van der Waals surface area (Å²) < 4.78 is 34.0. The largest absolute Gasteiger partial charge is 0.442 e. The average Bonchev–Trinajstić information content (AvgIpc) is 3.28. The van der Waals surface area contributed by atoms with Gasteiger partial charge in [-0.05, 0) is 35.7 Å². The average molecular weight is 403 g/mol. The molecule has 0 aliphatic carbocycles. The quantitative estimate of drug-likeness (QED) is 0.826. The molecule has 0 radical (unpaired) electrons. The third-order valence-electron chi connectivity index (χ3n) is 4.05. The van der Waals surface area contributed by atoms with E-state index in [-0.39, 0.29) is 40.7 Å². The summed E-state index contributed by atoms with van der Waals surface area (Å²) in [5.41, 5.74) is 0.359. The Hall–Kier alpha value is -3.25. The highest BCUT2D eigenvalue weighted by atomic mass is 32.1. The van der Waals surface area contributed by atoms with Gasteiger partial charge in [-0.2, -0.15) is 5.26 Å². The van der Waals surface area contributed by atoms with Gasteiger partial charge in [0.2, 0.25) is 5.91 Å². The van der Waals surface area contributed by atoms with E-state index in [4.69, 9.17) is 10.00 Å². The number of nitrogens with one attached hydrogen (secondary N) is 1. The number of halogens is 2. The van der Waals surface area contributed by atoms with E-state index in [0.717, 1.165) is 23.5 Å². The van der Waals surface area contributed by atoms with Gasteiger partial charge in [-0.1, -0.05) is 0 Å². The van der Waals surface area contributed by atoms with E-state index in [1.807, 2.05) is 6.07 Å². The zero-order valence-corrected chi connectivity index (χ0v) is 15.6. The van der Waals surface area contributed by atoms with Crippen molar-refractivity contribution < 1.29 is 23.1 Å². The Morgan fingerprint density at radius 3 is 2.96 bits per heavy atom. The van der Waals surface area contributed by atoms with Gasteiger partial charge in [-0.15, -0.1) is 11.3 Å². The minimum Gasteiger partial charge on any atom is -0.442 e. The summed E-state index contributed by atoms with van der Waals surface area (Å²) in [5.74, 6) is -1.69. The van der Waals surface area contributed by atoms with Gasteiger partial charge in [-0.25, -0.2) is 13.6 Å². The predicted octanol–water partition coefficient (Wildman–Crippen LogP) is 3.69. The van der Waals surface area contributed by atoms with Gasteiger partial charge in [0.05, 0.1) is 18.8 Å². The molecule has 28 heavy (non-hydrogen) atoms. The fourth-order valence-electron chi connectivity index (χ4n) is 2.70. The maximum Gasteiger partial charge on any atom is 0.414 e. The number of hydrogen-bond donors (Lipinski definition) is 1. The number of rotatable bonds is 5. The molecular weight excluding hydrogens is 388 g/mol. The molecule has 0 bridgehead atoms. The number of nitriles is 1. The normalized spacial score (nSPS) is 16.6. The number of hydrogen-bond acceptors (Lipinski definition) is 5. The lowest BCUT2D eigenvalue weighted by molar-refractivity contribution is -0.119. The van der Waals surface area contributed by atoms with E-state index in [2.05, 4.69) is 5.32 Å². The van der Waals surface area contributed by atoms with Crippen LogP contribution in [0.15, 0.2) is 29.6 Å².